The summed E-state index contributed by atoms with van der Waals surface area (Å²) in [6.07, 6.45) is 1.47. The predicted molar refractivity (Wildman–Crippen MR) is 95.5 cm³/mol. The Balaban J connectivity index is 1.60. The zero-order chi connectivity index (χ0) is 18.7. The van der Waals surface area contributed by atoms with Gasteiger partial charge in [-0.15, -0.1) is 0 Å². The van der Waals surface area contributed by atoms with Gasteiger partial charge >= 0.3 is 5.97 Å². The van der Waals surface area contributed by atoms with Crippen LogP contribution in [0.3, 0.4) is 0 Å². The Morgan fingerprint density at radius 1 is 1.19 bits per heavy atom. The summed E-state index contributed by atoms with van der Waals surface area (Å²) in [4.78, 5) is 28.0. The standard InChI is InChI=1S/C19H19N3O4/c1-12-16-10-14(11-20-18(16)22(3)21-12)19(24)26-9-8-25-17-7-5-4-6-15(17)13(2)23/h4-7,10-11H,8-9H2,1-3H3. The van der Waals surface area contributed by atoms with Crippen molar-refractivity contribution in [2.45, 2.75) is 13.8 Å². The monoisotopic (exact) mass is 353 g/mol. The second kappa shape index (κ2) is 7.35. The number of esters is 1. The third-order valence-electron chi connectivity index (χ3n) is 3.94. The Morgan fingerprint density at radius 2 is 1.96 bits per heavy atom. The molecule has 134 valence electrons. The molecule has 0 unspecified atom stereocenters. The number of aromatic nitrogens is 3. The van der Waals surface area contributed by atoms with Gasteiger partial charge in [-0.2, -0.15) is 5.10 Å². The minimum atomic E-state index is -0.480. The number of rotatable bonds is 6. The fourth-order valence-corrected chi connectivity index (χ4v) is 2.67. The molecule has 0 radical (unpaired) electrons. The third kappa shape index (κ3) is 3.56. The van der Waals surface area contributed by atoms with Crippen molar-refractivity contribution in [2.24, 2.45) is 7.05 Å². The van der Waals surface area contributed by atoms with E-state index in [1.54, 1.807) is 42.1 Å². The Bertz CT molecular complexity index is 978. The zero-order valence-electron chi connectivity index (χ0n) is 14.9. The average Bonchev–Trinajstić information content (AvgIpc) is 2.92. The second-order valence-electron chi connectivity index (χ2n) is 5.84. The molecule has 2 heterocycles. The van der Waals surface area contributed by atoms with Gasteiger partial charge in [-0.25, -0.2) is 9.78 Å². The Hall–Kier alpha value is -3.22. The molecule has 1 aromatic carbocycles. The molecule has 0 aliphatic carbocycles. The molecule has 2 aromatic heterocycles. The lowest BCUT2D eigenvalue weighted by molar-refractivity contribution is 0.0449. The van der Waals surface area contributed by atoms with Crippen LogP contribution in [0.2, 0.25) is 0 Å². The fraction of sp³-hybridized carbons (Fsp3) is 0.263. The van der Waals surface area contributed by atoms with Gasteiger partial charge in [0, 0.05) is 18.6 Å². The highest BCUT2D eigenvalue weighted by Gasteiger charge is 2.13. The molecular weight excluding hydrogens is 334 g/mol. The molecule has 26 heavy (non-hydrogen) atoms. The van der Waals surface area contributed by atoms with Crippen molar-refractivity contribution in [1.29, 1.82) is 0 Å². The van der Waals surface area contributed by atoms with Crippen molar-refractivity contribution in [3.63, 3.8) is 0 Å². The predicted octanol–water partition coefficient (Wildman–Crippen LogP) is 2.72. The summed E-state index contributed by atoms with van der Waals surface area (Å²) in [5.41, 5.74) is 2.37. The number of hydrogen-bond acceptors (Lipinski definition) is 6. The molecule has 0 spiro atoms. The molecule has 0 atom stereocenters. The molecule has 0 saturated heterocycles. The van der Waals surface area contributed by atoms with Gasteiger partial charge in [0.2, 0.25) is 0 Å². The Kier molecular flexibility index (Phi) is 4.97. The summed E-state index contributed by atoms with van der Waals surface area (Å²) in [6, 6.07) is 8.68. The van der Waals surface area contributed by atoms with Crippen LogP contribution in [0.25, 0.3) is 11.0 Å². The first-order valence-corrected chi connectivity index (χ1v) is 8.16. The maximum Gasteiger partial charge on any atom is 0.339 e. The number of carbonyl (C=O) groups excluding carboxylic acids is 2. The van der Waals surface area contributed by atoms with E-state index >= 15 is 0 Å². The number of pyridine rings is 1. The van der Waals surface area contributed by atoms with Crippen molar-refractivity contribution in [1.82, 2.24) is 14.8 Å². The van der Waals surface area contributed by atoms with Crippen LogP contribution in [0, 0.1) is 6.92 Å². The summed E-state index contributed by atoms with van der Waals surface area (Å²) >= 11 is 0. The maximum atomic E-state index is 12.2. The van der Waals surface area contributed by atoms with Gasteiger partial charge in [-0.3, -0.25) is 9.48 Å². The number of aryl methyl sites for hydroxylation is 2. The van der Waals surface area contributed by atoms with Gasteiger partial charge in [0.05, 0.1) is 16.8 Å². The molecule has 3 aromatic rings. The zero-order valence-corrected chi connectivity index (χ0v) is 14.9. The van der Waals surface area contributed by atoms with Crippen molar-refractivity contribution in [3.8, 4) is 5.75 Å². The molecule has 0 aliphatic heterocycles. The topological polar surface area (TPSA) is 83.3 Å². The molecule has 7 heteroatoms. The number of carbonyl (C=O) groups is 2. The van der Waals surface area contributed by atoms with Crippen molar-refractivity contribution in [3.05, 3.63) is 53.3 Å². The molecule has 7 nitrogen and oxygen atoms in total. The highest BCUT2D eigenvalue weighted by atomic mass is 16.6. The van der Waals surface area contributed by atoms with Crippen LogP contribution in [-0.2, 0) is 11.8 Å². The van der Waals surface area contributed by atoms with Gasteiger partial charge in [0.1, 0.15) is 19.0 Å². The van der Waals surface area contributed by atoms with Crippen LogP contribution in [0.15, 0.2) is 36.5 Å². The first kappa shape index (κ1) is 17.6. The molecule has 0 amide bonds. The van der Waals surface area contributed by atoms with Crippen LogP contribution in [0.5, 0.6) is 5.75 Å². The molecule has 0 aliphatic rings. The maximum absolute atomic E-state index is 12.2. The van der Waals surface area contributed by atoms with Crippen LogP contribution in [0.1, 0.15) is 33.3 Å². The van der Waals surface area contributed by atoms with E-state index in [-0.39, 0.29) is 19.0 Å². The summed E-state index contributed by atoms with van der Waals surface area (Å²) in [5.74, 6) is -0.0833. The minimum Gasteiger partial charge on any atom is -0.489 e. The van der Waals surface area contributed by atoms with E-state index in [2.05, 4.69) is 10.1 Å². The third-order valence-corrected chi connectivity index (χ3v) is 3.94. The quantitative estimate of drug-likeness (QED) is 0.385. The fourth-order valence-electron chi connectivity index (χ4n) is 2.67. The van der Waals surface area contributed by atoms with E-state index in [0.29, 0.717) is 22.5 Å². The number of hydrogen-bond donors (Lipinski definition) is 0. The van der Waals surface area contributed by atoms with Crippen molar-refractivity contribution >= 4 is 22.8 Å². The number of nitrogens with zero attached hydrogens (tertiary/aromatic N) is 3. The highest BCUT2D eigenvalue weighted by molar-refractivity contribution is 5.96. The number of Topliss-reactive ketones (excluding diaryl/α,β-unsaturated/α-hetero) is 1. The average molecular weight is 353 g/mol. The molecule has 0 fully saturated rings. The Morgan fingerprint density at radius 3 is 2.73 bits per heavy atom. The molecular formula is C19H19N3O4. The summed E-state index contributed by atoms with van der Waals surface area (Å²) in [6.45, 7) is 3.55. The molecule has 0 N–H and O–H groups in total. The normalized spacial score (nSPS) is 10.7. The first-order valence-electron chi connectivity index (χ1n) is 8.16. The van der Waals surface area contributed by atoms with E-state index in [1.165, 1.54) is 13.1 Å². The van der Waals surface area contributed by atoms with Gasteiger partial charge in [0.25, 0.3) is 0 Å². The minimum absolute atomic E-state index is 0.0646. The van der Waals surface area contributed by atoms with Crippen molar-refractivity contribution in [2.75, 3.05) is 13.2 Å². The summed E-state index contributed by atoms with van der Waals surface area (Å²) in [5, 5.41) is 5.09. The lowest BCUT2D eigenvalue weighted by Crippen LogP contribution is -2.13. The van der Waals surface area contributed by atoms with Crippen LogP contribution in [0.4, 0.5) is 0 Å². The van der Waals surface area contributed by atoms with Gasteiger partial charge in [-0.1, -0.05) is 12.1 Å². The molecule has 0 bridgehead atoms. The summed E-state index contributed by atoms with van der Waals surface area (Å²) < 4.78 is 12.4. The van der Waals surface area contributed by atoms with Gasteiger partial charge < -0.3 is 9.47 Å². The second-order valence-corrected chi connectivity index (χ2v) is 5.84. The number of fused-ring (bicyclic) bond motifs is 1. The van der Waals surface area contributed by atoms with Gasteiger partial charge in [-0.05, 0) is 32.0 Å². The largest absolute Gasteiger partial charge is 0.489 e. The lowest BCUT2D eigenvalue weighted by atomic mass is 10.1. The van der Waals surface area contributed by atoms with Crippen LogP contribution in [-0.4, -0.2) is 39.7 Å². The smallest absolute Gasteiger partial charge is 0.339 e. The number of benzene rings is 1. The van der Waals surface area contributed by atoms with Crippen molar-refractivity contribution < 1.29 is 19.1 Å². The van der Waals surface area contributed by atoms with E-state index < -0.39 is 5.97 Å². The summed E-state index contributed by atoms with van der Waals surface area (Å²) in [7, 11) is 1.80. The van der Waals surface area contributed by atoms with E-state index in [9.17, 15) is 9.59 Å². The van der Waals surface area contributed by atoms with Crippen LogP contribution >= 0.6 is 0 Å². The van der Waals surface area contributed by atoms with Crippen LogP contribution < -0.4 is 4.74 Å². The van der Waals surface area contributed by atoms with E-state index in [1.807, 2.05) is 6.92 Å². The van der Waals surface area contributed by atoms with Gasteiger partial charge in [0.15, 0.2) is 11.4 Å². The lowest BCUT2D eigenvalue weighted by Gasteiger charge is -2.10. The van der Waals surface area contributed by atoms with E-state index in [4.69, 9.17) is 9.47 Å². The molecule has 3 rings (SSSR count). The SMILES string of the molecule is CC(=O)c1ccccc1OCCOC(=O)c1cnc2c(c1)c(C)nn2C. The number of ketones is 1. The molecule has 0 saturated carbocycles. The number of para-hydroxylation sites is 1. The Labute approximate surface area is 150 Å². The number of ether oxygens (including phenoxy) is 2. The first-order chi connectivity index (χ1) is 12.5. The van der Waals surface area contributed by atoms with E-state index in [0.717, 1.165) is 11.1 Å². The highest BCUT2D eigenvalue weighted by Crippen LogP contribution is 2.19.